The Bertz CT molecular complexity index is 403. The van der Waals surface area contributed by atoms with Crippen LogP contribution in [0.25, 0.3) is 0 Å². The number of carbonyl (C=O) groups is 1. The number of hydrogen-bond acceptors (Lipinski definition) is 4. The van der Waals surface area contributed by atoms with E-state index in [1.165, 1.54) is 19.3 Å². The van der Waals surface area contributed by atoms with Crippen LogP contribution in [0.15, 0.2) is 0 Å². The molecule has 0 aliphatic carbocycles. The highest BCUT2D eigenvalue weighted by Gasteiger charge is 2.19. The Balaban J connectivity index is 2.78. The van der Waals surface area contributed by atoms with E-state index in [1.54, 1.807) is 7.11 Å². The van der Waals surface area contributed by atoms with E-state index in [4.69, 9.17) is 10.5 Å². The second kappa shape index (κ2) is 7.89. The number of unbranched alkanes of at least 4 members (excludes halogenated alkanes) is 3. The molecule has 1 aromatic rings. The second-order valence-corrected chi connectivity index (χ2v) is 4.73. The third-order valence-corrected chi connectivity index (χ3v) is 3.15. The molecule has 2 N–H and O–H groups in total. The summed E-state index contributed by atoms with van der Waals surface area (Å²) in [5.41, 5.74) is 6.71. The van der Waals surface area contributed by atoms with E-state index in [-0.39, 0.29) is 12.5 Å². The molecule has 1 rings (SSSR count). The molecule has 0 radical (unpaired) electrons. The third-order valence-electron chi connectivity index (χ3n) is 3.15. The van der Waals surface area contributed by atoms with Crippen LogP contribution in [0, 0.1) is 0 Å². The molecule has 1 aromatic heterocycles. The maximum atomic E-state index is 11.0. The normalized spacial score (nSPS) is 12.6. The van der Waals surface area contributed by atoms with Gasteiger partial charge in [-0.05, 0) is 13.3 Å². The summed E-state index contributed by atoms with van der Waals surface area (Å²) in [6.07, 6.45) is 4.61. The molecule has 19 heavy (non-hydrogen) atoms. The number of primary amides is 1. The molecule has 108 valence electrons. The van der Waals surface area contributed by atoms with E-state index in [1.807, 2.05) is 11.6 Å². The van der Waals surface area contributed by atoms with Crippen LogP contribution in [-0.2, 0) is 22.5 Å². The predicted octanol–water partition coefficient (Wildman–Crippen LogP) is 1.59. The molecule has 0 aromatic carbocycles. The fourth-order valence-electron chi connectivity index (χ4n) is 2.06. The van der Waals surface area contributed by atoms with Crippen LogP contribution in [0.3, 0.4) is 0 Å². The first kappa shape index (κ1) is 15.6. The van der Waals surface area contributed by atoms with Gasteiger partial charge in [0.15, 0.2) is 0 Å². The molecule has 0 aliphatic rings. The molecule has 6 nitrogen and oxygen atoms in total. The summed E-state index contributed by atoms with van der Waals surface area (Å²) >= 11 is 0. The lowest BCUT2D eigenvalue weighted by atomic mass is 10.1. The molecular weight excluding hydrogens is 244 g/mol. The van der Waals surface area contributed by atoms with Gasteiger partial charge in [0.05, 0.1) is 23.9 Å². The summed E-state index contributed by atoms with van der Waals surface area (Å²) in [5.74, 6) is -0.400. The molecule has 0 aliphatic heterocycles. The van der Waals surface area contributed by atoms with E-state index in [0.29, 0.717) is 5.69 Å². The SMILES string of the molecule is CCCCCCn1nnc(CC(N)=O)c1C(C)OC. The summed E-state index contributed by atoms with van der Waals surface area (Å²) < 4.78 is 7.17. The van der Waals surface area contributed by atoms with Crippen LogP contribution in [0.4, 0.5) is 0 Å². The number of methoxy groups -OCH3 is 1. The average Bonchev–Trinajstić information content (AvgIpc) is 2.76. The van der Waals surface area contributed by atoms with Gasteiger partial charge >= 0.3 is 0 Å². The molecule has 6 heteroatoms. The summed E-state index contributed by atoms with van der Waals surface area (Å²) in [4.78, 5) is 11.0. The zero-order valence-corrected chi connectivity index (χ0v) is 12.1. The molecule has 0 fully saturated rings. The number of amides is 1. The van der Waals surface area contributed by atoms with Crippen molar-refractivity contribution >= 4 is 5.91 Å². The zero-order valence-electron chi connectivity index (χ0n) is 12.1. The molecule has 1 heterocycles. The minimum atomic E-state index is -0.400. The Morgan fingerprint density at radius 2 is 2.16 bits per heavy atom. The first-order valence-electron chi connectivity index (χ1n) is 6.83. The lowest BCUT2D eigenvalue weighted by molar-refractivity contribution is -0.117. The lowest BCUT2D eigenvalue weighted by Crippen LogP contribution is -2.17. The molecule has 0 saturated carbocycles. The number of rotatable bonds is 9. The summed E-state index contributed by atoms with van der Waals surface area (Å²) in [7, 11) is 1.63. The standard InChI is InChI=1S/C13H24N4O2/c1-4-5-6-7-8-17-13(10(2)19-3)11(15-16-17)9-12(14)18/h10H,4-9H2,1-3H3,(H2,14,18). The van der Waals surface area contributed by atoms with Crippen molar-refractivity contribution in [3.63, 3.8) is 0 Å². The molecular formula is C13H24N4O2. The highest BCUT2D eigenvalue weighted by atomic mass is 16.5. The Morgan fingerprint density at radius 1 is 1.42 bits per heavy atom. The number of carbonyl (C=O) groups excluding carboxylic acids is 1. The van der Waals surface area contributed by atoms with Crippen molar-refractivity contribution in [3.05, 3.63) is 11.4 Å². The maximum absolute atomic E-state index is 11.0. The largest absolute Gasteiger partial charge is 0.375 e. The molecule has 0 saturated heterocycles. The quantitative estimate of drug-likeness (QED) is 0.689. The van der Waals surface area contributed by atoms with Gasteiger partial charge in [0, 0.05) is 13.7 Å². The van der Waals surface area contributed by atoms with Crippen molar-refractivity contribution in [1.29, 1.82) is 0 Å². The minimum Gasteiger partial charge on any atom is -0.375 e. The fraction of sp³-hybridized carbons (Fsp3) is 0.769. The van der Waals surface area contributed by atoms with Gasteiger partial charge in [-0.2, -0.15) is 0 Å². The van der Waals surface area contributed by atoms with Crippen molar-refractivity contribution in [2.45, 2.75) is 58.6 Å². The van der Waals surface area contributed by atoms with Crippen molar-refractivity contribution in [1.82, 2.24) is 15.0 Å². The number of aryl methyl sites for hydroxylation is 1. The van der Waals surface area contributed by atoms with Crippen LogP contribution < -0.4 is 5.73 Å². The maximum Gasteiger partial charge on any atom is 0.223 e. The van der Waals surface area contributed by atoms with Crippen molar-refractivity contribution in [3.8, 4) is 0 Å². The topological polar surface area (TPSA) is 83.0 Å². The van der Waals surface area contributed by atoms with Crippen molar-refractivity contribution in [2.24, 2.45) is 5.73 Å². The van der Waals surface area contributed by atoms with Crippen molar-refractivity contribution < 1.29 is 9.53 Å². The summed E-state index contributed by atoms with van der Waals surface area (Å²) in [5, 5.41) is 8.17. The number of ether oxygens (including phenoxy) is 1. The van der Waals surface area contributed by atoms with Crippen LogP contribution in [0.1, 0.15) is 57.0 Å². The van der Waals surface area contributed by atoms with Gasteiger partial charge < -0.3 is 10.5 Å². The smallest absolute Gasteiger partial charge is 0.223 e. The highest BCUT2D eigenvalue weighted by molar-refractivity contribution is 5.76. The van der Waals surface area contributed by atoms with Crippen LogP contribution in [0.5, 0.6) is 0 Å². The average molecular weight is 268 g/mol. The second-order valence-electron chi connectivity index (χ2n) is 4.73. The molecule has 0 bridgehead atoms. The lowest BCUT2D eigenvalue weighted by Gasteiger charge is -2.13. The fourth-order valence-corrected chi connectivity index (χ4v) is 2.06. The summed E-state index contributed by atoms with van der Waals surface area (Å²) in [6.45, 7) is 4.90. The first-order valence-corrected chi connectivity index (χ1v) is 6.83. The van der Waals surface area contributed by atoms with E-state index >= 15 is 0 Å². The number of nitrogens with zero attached hydrogens (tertiary/aromatic N) is 3. The Kier molecular flexibility index (Phi) is 6.49. The number of nitrogens with two attached hydrogens (primary N) is 1. The van der Waals surface area contributed by atoms with Crippen molar-refractivity contribution in [2.75, 3.05) is 7.11 Å². The van der Waals surface area contributed by atoms with Gasteiger partial charge in [-0.1, -0.05) is 31.4 Å². The Hall–Kier alpha value is -1.43. The highest BCUT2D eigenvalue weighted by Crippen LogP contribution is 2.20. The van der Waals surface area contributed by atoms with Gasteiger partial charge in [-0.15, -0.1) is 5.10 Å². The van der Waals surface area contributed by atoms with Gasteiger partial charge in [0.1, 0.15) is 0 Å². The first-order chi connectivity index (χ1) is 9.10. The molecule has 1 atom stereocenters. The van der Waals surface area contributed by atoms with Gasteiger partial charge in [-0.25, -0.2) is 4.68 Å². The zero-order chi connectivity index (χ0) is 14.3. The number of aromatic nitrogens is 3. The van der Waals surface area contributed by atoms with Gasteiger partial charge in [-0.3, -0.25) is 4.79 Å². The van der Waals surface area contributed by atoms with E-state index in [0.717, 1.165) is 18.7 Å². The van der Waals surface area contributed by atoms with E-state index in [9.17, 15) is 4.79 Å². The Morgan fingerprint density at radius 3 is 2.74 bits per heavy atom. The predicted molar refractivity (Wildman–Crippen MR) is 72.5 cm³/mol. The minimum absolute atomic E-state index is 0.109. The Labute approximate surface area is 114 Å². The number of hydrogen-bond donors (Lipinski definition) is 1. The molecule has 1 unspecified atom stereocenters. The van der Waals surface area contributed by atoms with Crippen LogP contribution >= 0.6 is 0 Å². The van der Waals surface area contributed by atoms with Crippen LogP contribution in [-0.4, -0.2) is 28.0 Å². The molecule has 1 amide bonds. The van der Waals surface area contributed by atoms with Crippen LogP contribution in [0.2, 0.25) is 0 Å². The monoisotopic (exact) mass is 268 g/mol. The summed E-state index contributed by atoms with van der Waals surface area (Å²) in [6, 6.07) is 0. The molecule has 0 spiro atoms. The third kappa shape index (κ3) is 4.63. The van der Waals surface area contributed by atoms with E-state index in [2.05, 4.69) is 17.2 Å². The van der Waals surface area contributed by atoms with Gasteiger partial charge in [0.2, 0.25) is 5.91 Å². The van der Waals surface area contributed by atoms with Gasteiger partial charge in [0.25, 0.3) is 0 Å². The van der Waals surface area contributed by atoms with E-state index < -0.39 is 5.91 Å².